The smallest absolute Gasteiger partial charge is 0.134 e. The molecule has 0 spiro atoms. The van der Waals surface area contributed by atoms with Gasteiger partial charge in [-0.25, -0.2) is 9.97 Å². The minimum absolute atomic E-state index is 0.575. The first kappa shape index (κ1) is 15.3. The van der Waals surface area contributed by atoms with Gasteiger partial charge in [-0.05, 0) is 32.6 Å². The molecule has 1 aromatic rings. The molecule has 0 amide bonds. The van der Waals surface area contributed by atoms with Crippen molar-refractivity contribution in [3.05, 3.63) is 17.1 Å². The zero-order chi connectivity index (χ0) is 14.4. The first-order chi connectivity index (χ1) is 9.76. The Morgan fingerprint density at radius 2 is 1.75 bits per heavy atom. The van der Waals surface area contributed by atoms with Gasteiger partial charge < -0.3 is 5.32 Å². The number of hydrogen-bond donors (Lipinski definition) is 1. The van der Waals surface area contributed by atoms with Gasteiger partial charge in [-0.3, -0.25) is 0 Å². The fourth-order valence-electron chi connectivity index (χ4n) is 3.06. The van der Waals surface area contributed by atoms with Crippen LogP contribution in [-0.4, -0.2) is 16.5 Å². The second kappa shape index (κ2) is 7.61. The Bertz CT molecular complexity index is 420. The van der Waals surface area contributed by atoms with Crippen molar-refractivity contribution in [2.75, 3.05) is 11.9 Å². The maximum absolute atomic E-state index is 4.87. The molecule has 0 atom stereocenters. The van der Waals surface area contributed by atoms with Crippen molar-refractivity contribution >= 4 is 5.82 Å². The van der Waals surface area contributed by atoms with Gasteiger partial charge in [0.05, 0.1) is 0 Å². The largest absolute Gasteiger partial charge is 0.370 e. The van der Waals surface area contributed by atoms with E-state index in [1.54, 1.807) is 0 Å². The molecule has 112 valence electrons. The summed E-state index contributed by atoms with van der Waals surface area (Å²) in [5.41, 5.74) is 2.45. The summed E-state index contributed by atoms with van der Waals surface area (Å²) < 4.78 is 0. The second-order valence-corrected chi connectivity index (χ2v) is 5.97. The third-order valence-corrected chi connectivity index (χ3v) is 4.36. The number of aryl methyl sites for hydroxylation is 1. The lowest BCUT2D eigenvalue weighted by molar-refractivity contribution is 0.557. The maximum atomic E-state index is 4.87. The summed E-state index contributed by atoms with van der Waals surface area (Å²) in [6.45, 7) is 7.52. The molecule has 1 aromatic heterocycles. The van der Waals surface area contributed by atoms with Gasteiger partial charge >= 0.3 is 0 Å². The highest BCUT2D eigenvalue weighted by Crippen LogP contribution is 2.31. The van der Waals surface area contributed by atoms with E-state index in [1.165, 1.54) is 49.8 Å². The SMILES string of the molecule is CCCNc1nc(C2CCCCCC2)nc(CC)c1C. The van der Waals surface area contributed by atoms with Gasteiger partial charge in [0.1, 0.15) is 11.6 Å². The number of anilines is 1. The Kier molecular flexibility index (Phi) is 5.81. The van der Waals surface area contributed by atoms with E-state index in [0.717, 1.165) is 31.0 Å². The van der Waals surface area contributed by atoms with Crippen LogP contribution in [0.15, 0.2) is 0 Å². The van der Waals surface area contributed by atoms with Gasteiger partial charge in [0.2, 0.25) is 0 Å². The van der Waals surface area contributed by atoms with E-state index < -0.39 is 0 Å². The topological polar surface area (TPSA) is 37.8 Å². The lowest BCUT2D eigenvalue weighted by Crippen LogP contribution is -2.13. The van der Waals surface area contributed by atoms with Gasteiger partial charge in [-0.2, -0.15) is 0 Å². The van der Waals surface area contributed by atoms with Crippen LogP contribution in [0.25, 0.3) is 0 Å². The summed E-state index contributed by atoms with van der Waals surface area (Å²) in [5, 5.41) is 3.48. The van der Waals surface area contributed by atoms with Gasteiger partial charge in [-0.15, -0.1) is 0 Å². The van der Waals surface area contributed by atoms with E-state index in [1.807, 2.05) is 0 Å². The van der Waals surface area contributed by atoms with Crippen molar-refractivity contribution in [1.29, 1.82) is 0 Å². The van der Waals surface area contributed by atoms with Crippen LogP contribution in [0.4, 0.5) is 5.82 Å². The number of hydrogen-bond acceptors (Lipinski definition) is 3. The molecule has 0 aliphatic heterocycles. The van der Waals surface area contributed by atoms with Gasteiger partial charge in [-0.1, -0.05) is 39.5 Å². The van der Waals surface area contributed by atoms with E-state index in [4.69, 9.17) is 9.97 Å². The Balaban J connectivity index is 2.26. The third kappa shape index (κ3) is 3.71. The van der Waals surface area contributed by atoms with Gasteiger partial charge in [0.15, 0.2) is 0 Å². The average Bonchev–Trinajstić information content (AvgIpc) is 2.75. The second-order valence-electron chi connectivity index (χ2n) is 5.97. The number of nitrogens with one attached hydrogen (secondary N) is 1. The van der Waals surface area contributed by atoms with Crippen LogP contribution < -0.4 is 5.32 Å². The predicted octanol–water partition coefficient (Wildman–Crippen LogP) is 4.61. The molecule has 1 saturated carbocycles. The van der Waals surface area contributed by atoms with Crippen LogP contribution >= 0.6 is 0 Å². The summed E-state index contributed by atoms with van der Waals surface area (Å²) in [6, 6.07) is 0. The van der Waals surface area contributed by atoms with Gasteiger partial charge in [0, 0.05) is 23.7 Å². The Hall–Kier alpha value is -1.12. The fraction of sp³-hybridized carbons (Fsp3) is 0.765. The predicted molar refractivity (Wildman–Crippen MR) is 85.4 cm³/mol. The van der Waals surface area contributed by atoms with Crippen LogP contribution in [-0.2, 0) is 6.42 Å². The van der Waals surface area contributed by atoms with Crippen LogP contribution in [0.1, 0.15) is 81.8 Å². The highest BCUT2D eigenvalue weighted by atomic mass is 15.0. The molecule has 0 aromatic carbocycles. The molecule has 3 nitrogen and oxygen atoms in total. The van der Waals surface area contributed by atoms with E-state index in [9.17, 15) is 0 Å². The van der Waals surface area contributed by atoms with E-state index in [0.29, 0.717) is 5.92 Å². The van der Waals surface area contributed by atoms with Crippen LogP contribution in [0.3, 0.4) is 0 Å². The molecule has 0 saturated heterocycles. The summed E-state index contributed by atoms with van der Waals surface area (Å²) in [4.78, 5) is 9.74. The zero-order valence-electron chi connectivity index (χ0n) is 13.3. The first-order valence-electron chi connectivity index (χ1n) is 8.37. The van der Waals surface area contributed by atoms with Crippen molar-refractivity contribution in [3.8, 4) is 0 Å². The van der Waals surface area contributed by atoms with Crippen molar-refractivity contribution in [1.82, 2.24) is 9.97 Å². The summed E-state index contributed by atoms with van der Waals surface area (Å²) in [7, 11) is 0. The average molecular weight is 275 g/mol. The Labute approximate surface area is 123 Å². The summed E-state index contributed by atoms with van der Waals surface area (Å²) in [6.07, 6.45) is 10.1. The standard InChI is InChI=1S/C17H29N3/c1-4-12-18-16-13(3)15(5-2)19-17(20-16)14-10-8-6-7-9-11-14/h14H,4-12H2,1-3H3,(H,18,19,20). The van der Waals surface area contributed by atoms with Crippen molar-refractivity contribution in [3.63, 3.8) is 0 Å². The highest BCUT2D eigenvalue weighted by Gasteiger charge is 2.19. The number of rotatable bonds is 5. The fourth-order valence-corrected chi connectivity index (χ4v) is 3.06. The molecule has 1 fully saturated rings. The van der Waals surface area contributed by atoms with Gasteiger partial charge in [0.25, 0.3) is 0 Å². The molecule has 1 N–H and O–H groups in total. The lowest BCUT2D eigenvalue weighted by atomic mass is 9.99. The zero-order valence-corrected chi connectivity index (χ0v) is 13.3. The normalized spacial score (nSPS) is 16.9. The van der Waals surface area contributed by atoms with E-state index in [2.05, 4.69) is 26.1 Å². The van der Waals surface area contributed by atoms with Crippen LogP contribution in [0.5, 0.6) is 0 Å². The minimum Gasteiger partial charge on any atom is -0.370 e. The molecule has 2 rings (SSSR count). The molecular formula is C17H29N3. The van der Waals surface area contributed by atoms with Crippen LogP contribution in [0, 0.1) is 6.92 Å². The molecular weight excluding hydrogens is 246 g/mol. The third-order valence-electron chi connectivity index (χ3n) is 4.36. The molecule has 0 unspecified atom stereocenters. The quantitative estimate of drug-likeness (QED) is 0.798. The molecule has 1 heterocycles. The molecule has 1 aliphatic carbocycles. The molecule has 3 heteroatoms. The molecule has 1 aliphatic rings. The molecule has 0 radical (unpaired) electrons. The number of nitrogens with zero attached hydrogens (tertiary/aromatic N) is 2. The number of aromatic nitrogens is 2. The lowest BCUT2D eigenvalue weighted by Gasteiger charge is -2.18. The van der Waals surface area contributed by atoms with E-state index in [-0.39, 0.29) is 0 Å². The van der Waals surface area contributed by atoms with Crippen molar-refractivity contribution < 1.29 is 0 Å². The first-order valence-corrected chi connectivity index (χ1v) is 8.37. The summed E-state index contributed by atoms with van der Waals surface area (Å²) in [5.74, 6) is 2.73. The summed E-state index contributed by atoms with van der Waals surface area (Å²) >= 11 is 0. The maximum Gasteiger partial charge on any atom is 0.134 e. The Morgan fingerprint density at radius 1 is 1.05 bits per heavy atom. The monoisotopic (exact) mass is 275 g/mol. The minimum atomic E-state index is 0.575. The van der Waals surface area contributed by atoms with E-state index >= 15 is 0 Å². The molecule has 0 bridgehead atoms. The molecule has 20 heavy (non-hydrogen) atoms. The van der Waals surface area contributed by atoms with Crippen molar-refractivity contribution in [2.45, 2.75) is 78.1 Å². The van der Waals surface area contributed by atoms with Crippen molar-refractivity contribution in [2.24, 2.45) is 0 Å². The highest BCUT2D eigenvalue weighted by molar-refractivity contribution is 5.46. The Morgan fingerprint density at radius 3 is 2.35 bits per heavy atom. The van der Waals surface area contributed by atoms with Crippen LogP contribution in [0.2, 0.25) is 0 Å².